The molecule has 1 amide bonds. The molecule has 0 aliphatic carbocycles. The van der Waals surface area contributed by atoms with E-state index < -0.39 is 11.6 Å². The standard InChI is InChI=1S/C28H32FN5O4.C24H25FN4O3/c1-17-11-19-21(32-17)5-6-23(27(19)29)38-28-20-12-24(36-4)25(13-22(20)30-16-31-28)37-15-18-7-9-34(10-8-18)26(35)14-33(2)3;1-14-9-16-18(29-14)3-4-20(23(16)25)32-24-17-10-21(30-2)22(11-19(17)27-13-28-24)31-12-15-5-7-26-8-6-15/h5-6,11-13,16,18,32H,7-10,14-15H2,1-4H3;3-4,9-11,13,15,26,29H,5-8,12H2,1-2H3. The van der Waals surface area contributed by atoms with Crippen LogP contribution in [0, 0.1) is 37.3 Å². The van der Waals surface area contributed by atoms with Crippen molar-refractivity contribution in [3.63, 3.8) is 0 Å². The highest BCUT2D eigenvalue weighted by Gasteiger charge is 2.25. The van der Waals surface area contributed by atoms with Gasteiger partial charge < -0.3 is 53.5 Å². The molecule has 6 heterocycles. The van der Waals surface area contributed by atoms with E-state index in [4.69, 9.17) is 28.4 Å². The van der Waals surface area contributed by atoms with Crippen LogP contribution < -0.4 is 33.7 Å². The normalized spacial score (nSPS) is 14.6. The number of H-pyrrole nitrogens is 2. The predicted molar refractivity (Wildman–Crippen MR) is 263 cm³/mol. The quantitative estimate of drug-likeness (QED) is 0.0942. The number of carbonyl (C=O) groups is 1. The number of ether oxygens (including phenoxy) is 6. The molecule has 0 radical (unpaired) electrons. The lowest BCUT2D eigenvalue weighted by Gasteiger charge is -2.32. The van der Waals surface area contributed by atoms with Gasteiger partial charge in [-0.15, -0.1) is 0 Å². The molecule has 2 aliphatic rings. The molecule has 2 fully saturated rings. The maximum atomic E-state index is 15.1. The van der Waals surface area contributed by atoms with Crippen LogP contribution in [0.3, 0.4) is 0 Å². The van der Waals surface area contributed by atoms with E-state index in [9.17, 15) is 4.79 Å². The summed E-state index contributed by atoms with van der Waals surface area (Å²) < 4.78 is 65.3. The van der Waals surface area contributed by atoms with Crippen molar-refractivity contribution in [3.8, 4) is 46.3 Å². The summed E-state index contributed by atoms with van der Waals surface area (Å²) in [4.78, 5) is 39.6. The summed E-state index contributed by atoms with van der Waals surface area (Å²) >= 11 is 0. The molecule has 2 aliphatic heterocycles. The van der Waals surface area contributed by atoms with Crippen molar-refractivity contribution in [3.05, 3.63) is 96.3 Å². The van der Waals surface area contributed by atoms with E-state index in [-0.39, 0.29) is 29.2 Å². The molecule has 2 saturated heterocycles. The minimum Gasteiger partial charge on any atom is -0.493 e. The number of hydrogen-bond donors (Lipinski definition) is 3. The van der Waals surface area contributed by atoms with Crippen molar-refractivity contribution in [2.24, 2.45) is 11.8 Å². The Kier molecular flexibility index (Phi) is 14.4. The predicted octanol–water partition coefficient (Wildman–Crippen LogP) is 9.28. The fourth-order valence-electron chi connectivity index (χ4n) is 8.91. The smallest absolute Gasteiger partial charge is 0.236 e. The number of aromatic amines is 2. The van der Waals surface area contributed by atoms with Gasteiger partial charge in [-0.3, -0.25) is 4.79 Å². The van der Waals surface area contributed by atoms with Crippen molar-refractivity contribution in [2.75, 3.05) is 74.3 Å². The molecule has 10 rings (SSSR count). The molecule has 0 atom stereocenters. The third-order valence-electron chi connectivity index (χ3n) is 12.7. The highest BCUT2D eigenvalue weighted by molar-refractivity contribution is 5.89. The van der Waals surface area contributed by atoms with Crippen molar-refractivity contribution >= 4 is 49.5 Å². The van der Waals surface area contributed by atoms with Crippen LogP contribution in [0.5, 0.6) is 46.3 Å². The summed E-state index contributed by atoms with van der Waals surface area (Å²) in [6, 6.07) is 17.4. The largest absolute Gasteiger partial charge is 0.493 e. The van der Waals surface area contributed by atoms with Gasteiger partial charge in [0.25, 0.3) is 0 Å². The molecule has 70 heavy (non-hydrogen) atoms. The first-order valence-electron chi connectivity index (χ1n) is 23.4. The highest BCUT2D eigenvalue weighted by Crippen LogP contribution is 2.40. The van der Waals surface area contributed by atoms with Gasteiger partial charge in [-0.2, -0.15) is 0 Å². The number of fused-ring (bicyclic) bond motifs is 4. The topological polar surface area (TPSA) is 174 Å². The number of amides is 1. The van der Waals surface area contributed by atoms with Gasteiger partial charge in [-0.05, 0) is 127 Å². The van der Waals surface area contributed by atoms with E-state index in [1.54, 1.807) is 68.8 Å². The van der Waals surface area contributed by atoms with Crippen LogP contribution in [0.25, 0.3) is 43.6 Å². The minimum absolute atomic E-state index is 0.0752. The summed E-state index contributed by atoms with van der Waals surface area (Å²) in [6.07, 6.45) is 6.72. The van der Waals surface area contributed by atoms with Gasteiger partial charge in [-0.1, -0.05) is 0 Å². The Balaban J connectivity index is 0.000000176. The van der Waals surface area contributed by atoms with Crippen molar-refractivity contribution in [1.82, 2.24) is 45.0 Å². The Hall–Kier alpha value is -7.31. The molecule has 366 valence electrons. The van der Waals surface area contributed by atoms with Gasteiger partial charge in [0.2, 0.25) is 17.7 Å². The fraction of sp³-hybridized carbons (Fsp3) is 0.365. The van der Waals surface area contributed by atoms with Crippen molar-refractivity contribution in [2.45, 2.75) is 39.5 Å². The third-order valence-corrected chi connectivity index (χ3v) is 12.7. The second-order valence-electron chi connectivity index (χ2n) is 18.1. The first kappa shape index (κ1) is 47.7. The van der Waals surface area contributed by atoms with E-state index in [2.05, 4.69) is 35.2 Å². The molecule has 8 aromatic rings. The van der Waals surface area contributed by atoms with Crippen molar-refractivity contribution < 1.29 is 42.0 Å². The van der Waals surface area contributed by atoms with Gasteiger partial charge in [0.15, 0.2) is 46.1 Å². The summed E-state index contributed by atoms with van der Waals surface area (Å²) in [5, 5.41) is 5.49. The monoisotopic (exact) mass is 957 g/mol. The maximum Gasteiger partial charge on any atom is 0.236 e. The molecule has 4 aromatic carbocycles. The van der Waals surface area contributed by atoms with Gasteiger partial charge in [-0.25, -0.2) is 28.7 Å². The van der Waals surface area contributed by atoms with Gasteiger partial charge in [0.05, 0.1) is 55.8 Å². The van der Waals surface area contributed by atoms with E-state index in [0.717, 1.165) is 68.8 Å². The number of nitrogens with zero attached hydrogens (tertiary/aromatic N) is 6. The zero-order chi connectivity index (χ0) is 48.9. The van der Waals surface area contributed by atoms with Gasteiger partial charge in [0.1, 0.15) is 12.7 Å². The number of rotatable bonds is 14. The lowest BCUT2D eigenvalue weighted by atomic mass is 9.97. The molecule has 0 saturated carbocycles. The molecule has 0 bridgehead atoms. The number of likely N-dealkylation sites (N-methyl/N-ethyl adjacent to an activating group) is 1. The lowest BCUT2D eigenvalue weighted by Crippen LogP contribution is -2.43. The number of halogens is 2. The van der Waals surface area contributed by atoms with Gasteiger partial charge >= 0.3 is 0 Å². The number of likely N-dealkylation sites (tertiary alicyclic amines) is 1. The molecular formula is C52H57F2N9O7. The average Bonchev–Trinajstić information content (AvgIpc) is 3.96. The van der Waals surface area contributed by atoms with E-state index in [1.165, 1.54) is 12.7 Å². The Bertz CT molecular complexity index is 3150. The van der Waals surface area contributed by atoms with E-state index in [1.807, 2.05) is 43.8 Å². The molecule has 3 N–H and O–H groups in total. The Labute approximate surface area is 403 Å². The molecule has 18 heteroatoms. The van der Waals surface area contributed by atoms with Crippen LogP contribution in [-0.4, -0.2) is 120 Å². The SMILES string of the molecule is COc1cc2c(Oc3ccc4[nH]c(C)cc4c3F)ncnc2cc1OCC1CCN(C(=O)CN(C)C)CC1.COc1cc2c(Oc3ccc4[nH]c(C)cc4c3F)ncnc2cc1OCC1CCNCC1. The Morgan fingerprint density at radius 1 is 0.629 bits per heavy atom. The lowest BCUT2D eigenvalue weighted by molar-refractivity contribution is -0.133. The highest BCUT2D eigenvalue weighted by atomic mass is 19.1. The summed E-state index contributed by atoms with van der Waals surface area (Å²) in [7, 11) is 6.95. The number of aryl methyl sites for hydroxylation is 2. The van der Waals surface area contributed by atoms with Crippen LogP contribution in [-0.2, 0) is 4.79 Å². The molecule has 16 nitrogen and oxygen atoms in total. The van der Waals surface area contributed by atoms with Crippen molar-refractivity contribution in [1.29, 1.82) is 0 Å². The third kappa shape index (κ3) is 10.6. The number of benzene rings is 4. The average molecular weight is 958 g/mol. The molecular weight excluding hydrogens is 901 g/mol. The van der Waals surface area contributed by atoms with Crippen LogP contribution in [0.15, 0.2) is 73.3 Å². The molecule has 0 spiro atoms. The number of methoxy groups -OCH3 is 2. The minimum atomic E-state index is -0.458. The summed E-state index contributed by atoms with van der Waals surface area (Å²) in [5.41, 5.74) is 4.39. The number of carbonyl (C=O) groups excluding carboxylic acids is 1. The van der Waals surface area contributed by atoms with Crippen LogP contribution in [0.4, 0.5) is 8.78 Å². The second-order valence-corrected chi connectivity index (χ2v) is 18.1. The van der Waals surface area contributed by atoms with Gasteiger partial charge in [0, 0.05) is 58.4 Å². The Morgan fingerprint density at radius 2 is 1.10 bits per heavy atom. The zero-order valence-corrected chi connectivity index (χ0v) is 40.2. The number of nitrogens with one attached hydrogen (secondary N) is 3. The Morgan fingerprint density at radius 3 is 1.56 bits per heavy atom. The maximum absolute atomic E-state index is 15.1. The molecule has 0 unspecified atom stereocenters. The van der Waals surface area contributed by atoms with E-state index >= 15 is 8.78 Å². The number of hydrogen-bond acceptors (Lipinski definition) is 13. The van der Waals surface area contributed by atoms with Crippen LogP contribution >= 0.6 is 0 Å². The first-order valence-corrected chi connectivity index (χ1v) is 23.4. The summed E-state index contributed by atoms with van der Waals surface area (Å²) in [5.74, 6) is 3.01. The van der Waals surface area contributed by atoms with Crippen LogP contribution in [0.2, 0.25) is 0 Å². The number of piperidine rings is 2. The molecule has 4 aromatic heterocycles. The first-order chi connectivity index (χ1) is 33.9. The van der Waals surface area contributed by atoms with Crippen LogP contribution in [0.1, 0.15) is 37.1 Å². The fourth-order valence-corrected chi connectivity index (χ4v) is 8.91. The van der Waals surface area contributed by atoms with E-state index in [0.29, 0.717) is 92.7 Å². The zero-order valence-electron chi connectivity index (χ0n) is 40.2. The number of aromatic nitrogens is 6. The second kappa shape index (κ2) is 21.1. The summed E-state index contributed by atoms with van der Waals surface area (Å²) in [6.45, 7) is 8.81.